The van der Waals surface area contributed by atoms with Gasteiger partial charge in [0.1, 0.15) is 5.82 Å². The highest BCUT2D eigenvalue weighted by atomic mass is 15.3. The molecule has 0 atom stereocenters. The fraction of sp³-hybridized carbons (Fsp3) is 0.222. The van der Waals surface area contributed by atoms with E-state index < -0.39 is 0 Å². The van der Waals surface area contributed by atoms with Crippen molar-refractivity contribution in [1.29, 1.82) is 0 Å². The van der Waals surface area contributed by atoms with Crippen molar-refractivity contribution in [2.24, 2.45) is 0 Å². The zero-order chi connectivity index (χ0) is 9.64. The molecule has 0 aliphatic rings. The Morgan fingerprint density at radius 3 is 3.00 bits per heavy atom. The van der Waals surface area contributed by atoms with Gasteiger partial charge in [-0.2, -0.15) is 5.10 Å². The van der Waals surface area contributed by atoms with E-state index in [0.29, 0.717) is 0 Å². The monoisotopic (exact) mass is 189 g/mol. The molecule has 14 heavy (non-hydrogen) atoms. The smallest absolute Gasteiger partial charge is 0.144 e. The lowest BCUT2D eigenvalue weighted by molar-refractivity contribution is 0.637. The van der Waals surface area contributed by atoms with E-state index in [4.69, 9.17) is 0 Å². The van der Waals surface area contributed by atoms with E-state index >= 15 is 0 Å². The van der Waals surface area contributed by atoms with Crippen LogP contribution in [0.4, 0.5) is 5.82 Å². The number of anilines is 1. The number of nitrogens with zero attached hydrogens (tertiary/aromatic N) is 4. The minimum absolute atomic E-state index is 0.791. The molecule has 2 heterocycles. The molecule has 0 bridgehead atoms. The zero-order valence-electron chi connectivity index (χ0n) is 7.67. The first-order chi connectivity index (χ1) is 6.95. The summed E-state index contributed by atoms with van der Waals surface area (Å²) in [6.45, 7) is 1.62. The van der Waals surface area contributed by atoms with Crippen molar-refractivity contribution in [1.82, 2.24) is 19.7 Å². The highest BCUT2D eigenvalue weighted by Crippen LogP contribution is 1.96. The lowest BCUT2D eigenvalue weighted by atomic mass is 10.5. The third-order valence-corrected chi connectivity index (χ3v) is 1.77. The van der Waals surface area contributed by atoms with Crippen LogP contribution in [0.1, 0.15) is 0 Å². The van der Waals surface area contributed by atoms with Crippen LogP contribution < -0.4 is 5.32 Å². The van der Waals surface area contributed by atoms with Gasteiger partial charge in [0, 0.05) is 31.3 Å². The van der Waals surface area contributed by atoms with Crippen LogP contribution in [-0.2, 0) is 6.54 Å². The van der Waals surface area contributed by atoms with Gasteiger partial charge in [-0.3, -0.25) is 9.67 Å². The molecule has 0 spiro atoms. The van der Waals surface area contributed by atoms with Gasteiger partial charge in [-0.25, -0.2) is 4.98 Å². The summed E-state index contributed by atoms with van der Waals surface area (Å²) in [4.78, 5) is 8.05. The molecule has 0 saturated heterocycles. The van der Waals surface area contributed by atoms with E-state index in [2.05, 4.69) is 20.4 Å². The quantitative estimate of drug-likeness (QED) is 0.772. The molecule has 2 aromatic heterocycles. The number of rotatable bonds is 4. The normalized spacial score (nSPS) is 10.0. The van der Waals surface area contributed by atoms with E-state index in [1.807, 2.05) is 16.9 Å². The first kappa shape index (κ1) is 8.68. The topological polar surface area (TPSA) is 55.6 Å². The highest BCUT2D eigenvalue weighted by molar-refractivity contribution is 5.29. The Morgan fingerprint density at radius 2 is 2.29 bits per heavy atom. The van der Waals surface area contributed by atoms with Crippen LogP contribution in [0.5, 0.6) is 0 Å². The summed E-state index contributed by atoms with van der Waals surface area (Å²) in [6, 6.07) is 1.91. The standard InChI is InChI=1S/C9H11N5/c1-2-13-14(6-1)7-5-12-9-8-10-3-4-11-9/h1-4,6,8H,5,7H2,(H,11,12). The Morgan fingerprint density at radius 1 is 1.29 bits per heavy atom. The van der Waals surface area contributed by atoms with Gasteiger partial charge < -0.3 is 5.32 Å². The number of hydrogen-bond donors (Lipinski definition) is 1. The third kappa shape index (κ3) is 2.29. The van der Waals surface area contributed by atoms with Crippen LogP contribution in [0.3, 0.4) is 0 Å². The molecule has 2 rings (SSSR count). The molecule has 0 amide bonds. The maximum absolute atomic E-state index is 4.09. The fourth-order valence-electron chi connectivity index (χ4n) is 1.12. The lowest BCUT2D eigenvalue weighted by Gasteiger charge is -2.04. The Kier molecular flexibility index (Phi) is 2.70. The Hall–Kier alpha value is -1.91. The Labute approximate surface area is 81.8 Å². The summed E-state index contributed by atoms with van der Waals surface area (Å²) < 4.78 is 1.86. The van der Waals surface area contributed by atoms with Crippen molar-refractivity contribution in [2.45, 2.75) is 6.54 Å². The van der Waals surface area contributed by atoms with E-state index in [0.717, 1.165) is 18.9 Å². The maximum Gasteiger partial charge on any atom is 0.144 e. The van der Waals surface area contributed by atoms with Crippen LogP contribution in [0, 0.1) is 0 Å². The van der Waals surface area contributed by atoms with E-state index in [-0.39, 0.29) is 0 Å². The predicted octanol–water partition coefficient (Wildman–Crippen LogP) is 0.785. The van der Waals surface area contributed by atoms with Gasteiger partial charge in [-0.05, 0) is 6.07 Å². The summed E-state index contributed by atoms with van der Waals surface area (Å²) in [6.07, 6.45) is 8.71. The first-order valence-electron chi connectivity index (χ1n) is 4.42. The van der Waals surface area contributed by atoms with Crippen LogP contribution in [0.15, 0.2) is 37.1 Å². The number of hydrogen-bond acceptors (Lipinski definition) is 4. The molecule has 0 aliphatic carbocycles. The summed E-state index contributed by atoms with van der Waals surface area (Å²) >= 11 is 0. The molecular weight excluding hydrogens is 178 g/mol. The molecule has 2 aromatic rings. The summed E-state index contributed by atoms with van der Waals surface area (Å²) in [5.74, 6) is 0.791. The lowest BCUT2D eigenvalue weighted by Crippen LogP contribution is -2.11. The Bertz CT molecular complexity index is 356. The zero-order valence-corrected chi connectivity index (χ0v) is 7.67. The second-order valence-corrected chi connectivity index (χ2v) is 2.79. The molecule has 0 aliphatic heterocycles. The fourth-order valence-corrected chi connectivity index (χ4v) is 1.12. The molecule has 5 nitrogen and oxygen atoms in total. The largest absolute Gasteiger partial charge is 0.367 e. The van der Waals surface area contributed by atoms with Gasteiger partial charge in [-0.15, -0.1) is 0 Å². The second kappa shape index (κ2) is 4.36. The van der Waals surface area contributed by atoms with Crippen LogP contribution >= 0.6 is 0 Å². The third-order valence-electron chi connectivity index (χ3n) is 1.77. The van der Waals surface area contributed by atoms with Crippen LogP contribution in [0.25, 0.3) is 0 Å². The molecule has 0 saturated carbocycles. The Balaban J connectivity index is 1.79. The van der Waals surface area contributed by atoms with Gasteiger partial charge >= 0.3 is 0 Å². The summed E-state index contributed by atoms with van der Waals surface area (Å²) in [7, 11) is 0. The van der Waals surface area contributed by atoms with Gasteiger partial charge in [0.25, 0.3) is 0 Å². The molecule has 0 unspecified atom stereocenters. The number of aromatic nitrogens is 4. The van der Waals surface area contributed by atoms with Crippen molar-refractivity contribution in [3.05, 3.63) is 37.1 Å². The van der Waals surface area contributed by atoms with Gasteiger partial charge in [0.05, 0.1) is 12.7 Å². The van der Waals surface area contributed by atoms with Crippen molar-refractivity contribution >= 4 is 5.82 Å². The molecule has 72 valence electrons. The second-order valence-electron chi connectivity index (χ2n) is 2.79. The molecule has 0 radical (unpaired) electrons. The predicted molar refractivity (Wildman–Crippen MR) is 52.7 cm³/mol. The van der Waals surface area contributed by atoms with Gasteiger partial charge in [0.2, 0.25) is 0 Å². The van der Waals surface area contributed by atoms with E-state index in [1.54, 1.807) is 24.8 Å². The van der Waals surface area contributed by atoms with Gasteiger partial charge in [0.15, 0.2) is 0 Å². The van der Waals surface area contributed by atoms with Gasteiger partial charge in [-0.1, -0.05) is 0 Å². The highest BCUT2D eigenvalue weighted by Gasteiger charge is 1.92. The average molecular weight is 189 g/mol. The SMILES string of the molecule is c1cnn(CCNc2cnccn2)c1. The van der Waals surface area contributed by atoms with Crippen molar-refractivity contribution in [3.63, 3.8) is 0 Å². The minimum Gasteiger partial charge on any atom is -0.367 e. The molecule has 0 aromatic carbocycles. The van der Waals surface area contributed by atoms with Crippen LogP contribution in [0.2, 0.25) is 0 Å². The van der Waals surface area contributed by atoms with E-state index in [9.17, 15) is 0 Å². The molecule has 0 fully saturated rings. The number of nitrogens with one attached hydrogen (secondary N) is 1. The molecule has 1 N–H and O–H groups in total. The average Bonchev–Trinajstić information content (AvgIpc) is 2.72. The van der Waals surface area contributed by atoms with E-state index in [1.165, 1.54) is 0 Å². The van der Waals surface area contributed by atoms with Crippen molar-refractivity contribution < 1.29 is 0 Å². The maximum atomic E-state index is 4.09. The summed E-state index contributed by atoms with van der Waals surface area (Å²) in [5, 5.41) is 7.24. The van der Waals surface area contributed by atoms with Crippen LogP contribution in [-0.4, -0.2) is 26.3 Å². The molecule has 5 heteroatoms. The summed E-state index contributed by atoms with van der Waals surface area (Å²) in [5.41, 5.74) is 0. The van der Waals surface area contributed by atoms with Crippen molar-refractivity contribution in [3.8, 4) is 0 Å². The first-order valence-corrected chi connectivity index (χ1v) is 4.42. The molecular formula is C9H11N5. The van der Waals surface area contributed by atoms with Crippen molar-refractivity contribution in [2.75, 3.05) is 11.9 Å². The minimum atomic E-state index is 0.791.